The Labute approximate surface area is 96.3 Å². The minimum Gasteiger partial charge on any atom is -0.475 e. The molecule has 1 aromatic rings. The number of pyridine rings is 1. The number of hydrogen-bond donors (Lipinski definition) is 2. The maximum absolute atomic E-state index is 7.32. The normalized spacial score (nSPS) is 12.5. The molecule has 4 heteroatoms. The van der Waals surface area contributed by atoms with E-state index in [1.54, 1.807) is 18.3 Å². The van der Waals surface area contributed by atoms with Crippen LogP contribution in [0.25, 0.3) is 0 Å². The Kier molecular flexibility index (Phi) is 4.28. The molecule has 1 atom stereocenters. The van der Waals surface area contributed by atoms with Gasteiger partial charge in [-0.2, -0.15) is 0 Å². The van der Waals surface area contributed by atoms with Gasteiger partial charge in [0, 0.05) is 17.8 Å². The summed E-state index contributed by atoms with van der Waals surface area (Å²) in [4.78, 5) is 4.09. The molecule has 4 nitrogen and oxygen atoms in total. The summed E-state index contributed by atoms with van der Waals surface area (Å²) in [6, 6.07) is 3.39. The Morgan fingerprint density at radius 2 is 2.19 bits per heavy atom. The van der Waals surface area contributed by atoms with Crippen LogP contribution in [-0.2, 0) is 0 Å². The average molecular weight is 221 g/mol. The minimum atomic E-state index is 0.0313. The van der Waals surface area contributed by atoms with Crippen LogP contribution in [0.5, 0.6) is 5.88 Å². The van der Waals surface area contributed by atoms with Crippen molar-refractivity contribution < 1.29 is 4.74 Å². The highest BCUT2D eigenvalue weighted by atomic mass is 16.5. The third kappa shape index (κ3) is 3.88. The summed E-state index contributed by atoms with van der Waals surface area (Å²) >= 11 is 0. The van der Waals surface area contributed by atoms with Crippen molar-refractivity contribution in [2.75, 3.05) is 0 Å². The molecule has 0 spiro atoms. The molecule has 1 heterocycles. The van der Waals surface area contributed by atoms with Crippen molar-refractivity contribution in [1.29, 1.82) is 5.41 Å². The van der Waals surface area contributed by atoms with Crippen LogP contribution in [0.1, 0.15) is 32.8 Å². The van der Waals surface area contributed by atoms with Gasteiger partial charge in [0.25, 0.3) is 0 Å². The fourth-order valence-electron chi connectivity index (χ4n) is 1.56. The summed E-state index contributed by atoms with van der Waals surface area (Å²) in [6.45, 7) is 6.32. The summed E-state index contributed by atoms with van der Waals surface area (Å²) in [7, 11) is 0. The highest BCUT2D eigenvalue weighted by Crippen LogP contribution is 2.14. The Hall–Kier alpha value is -1.58. The van der Waals surface area contributed by atoms with Gasteiger partial charge in [0.15, 0.2) is 0 Å². The van der Waals surface area contributed by atoms with Gasteiger partial charge in [-0.05, 0) is 25.3 Å². The summed E-state index contributed by atoms with van der Waals surface area (Å²) in [5, 5.41) is 7.32. The zero-order valence-corrected chi connectivity index (χ0v) is 10.0. The third-order valence-corrected chi connectivity index (χ3v) is 2.17. The fourth-order valence-corrected chi connectivity index (χ4v) is 1.56. The first-order valence-corrected chi connectivity index (χ1v) is 5.46. The fraction of sp³-hybridized carbons (Fsp3) is 0.500. The summed E-state index contributed by atoms with van der Waals surface area (Å²) < 4.78 is 5.65. The van der Waals surface area contributed by atoms with Gasteiger partial charge in [-0.1, -0.05) is 13.8 Å². The van der Waals surface area contributed by atoms with Crippen LogP contribution in [0.4, 0.5) is 0 Å². The number of ether oxygens (including phenoxy) is 1. The van der Waals surface area contributed by atoms with Crippen LogP contribution in [0, 0.1) is 11.3 Å². The second kappa shape index (κ2) is 5.49. The van der Waals surface area contributed by atoms with E-state index in [9.17, 15) is 0 Å². The first-order chi connectivity index (χ1) is 7.49. The Balaban J connectivity index is 2.66. The summed E-state index contributed by atoms with van der Waals surface area (Å²) in [5.74, 6) is 1.15. The van der Waals surface area contributed by atoms with Gasteiger partial charge < -0.3 is 10.5 Å². The number of aromatic nitrogens is 1. The van der Waals surface area contributed by atoms with Gasteiger partial charge in [-0.15, -0.1) is 0 Å². The zero-order chi connectivity index (χ0) is 12.1. The third-order valence-electron chi connectivity index (χ3n) is 2.17. The van der Waals surface area contributed by atoms with Crippen molar-refractivity contribution in [2.24, 2.45) is 11.7 Å². The molecule has 1 unspecified atom stereocenters. The summed E-state index contributed by atoms with van der Waals surface area (Å²) in [6.07, 6.45) is 2.70. The van der Waals surface area contributed by atoms with Crippen molar-refractivity contribution in [2.45, 2.75) is 33.3 Å². The predicted octanol–water partition coefficient (Wildman–Crippen LogP) is 2.18. The molecule has 1 aromatic heterocycles. The number of nitrogens with zero attached hydrogens (tertiary/aromatic N) is 1. The molecule has 0 aliphatic heterocycles. The number of nitrogen functional groups attached to an aromatic ring is 1. The quantitative estimate of drug-likeness (QED) is 0.591. The van der Waals surface area contributed by atoms with Gasteiger partial charge >= 0.3 is 0 Å². The SMILES string of the molecule is CC(C)CC(C)Oc1cc(C(=N)N)ccn1. The van der Waals surface area contributed by atoms with Crippen molar-refractivity contribution in [3.05, 3.63) is 23.9 Å². The van der Waals surface area contributed by atoms with E-state index in [1.165, 1.54) is 0 Å². The smallest absolute Gasteiger partial charge is 0.214 e. The van der Waals surface area contributed by atoms with E-state index in [1.807, 2.05) is 6.92 Å². The molecule has 0 fully saturated rings. The highest BCUT2D eigenvalue weighted by molar-refractivity contribution is 5.95. The molecule has 0 aromatic carbocycles. The van der Waals surface area contributed by atoms with Gasteiger partial charge in [-0.25, -0.2) is 4.98 Å². The second-order valence-electron chi connectivity index (χ2n) is 4.35. The Morgan fingerprint density at radius 3 is 2.75 bits per heavy atom. The first kappa shape index (κ1) is 12.5. The first-order valence-electron chi connectivity index (χ1n) is 5.46. The van der Waals surface area contributed by atoms with E-state index < -0.39 is 0 Å². The number of rotatable bonds is 5. The molecule has 0 amide bonds. The van der Waals surface area contributed by atoms with E-state index in [-0.39, 0.29) is 11.9 Å². The number of amidine groups is 1. The van der Waals surface area contributed by atoms with Crippen LogP contribution in [0.15, 0.2) is 18.3 Å². The van der Waals surface area contributed by atoms with Gasteiger partial charge in [0.1, 0.15) is 5.84 Å². The topological polar surface area (TPSA) is 72.0 Å². The van der Waals surface area contributed by atoms with Gasteiger partial charge in [0.2, 0.25) is 5.88 Å². The summed E-state index contributed by atoms with van der Waals surface area (Å²) in [5.41, 5.74) is 6.03. The van der Waals surface area contributed by atoms with Crippen molar-refractivity contribution in [3.63, 3.8) is 0 Å². The maximum Gasteiger partial charge on any atom is 0.214 e. The molecule has 0 saturated heterocycles. The van der Waals surface area contributed by atoms with Crippen molar-refractivity contribution in [3.8, 4) is 5.88 Å². The van der Waals surface area contributed by atoms with E-state index in [0.29, 0.717) is 17.4 Å². The predicted molar refractivity (Wildman–Crippen MR) is 64.8 cm³/mol. The molecule has 0 aliphatic rings. The van der Waals surface area contributed by atoms with Crippen LogP contribution in [0.2, 0.25) is 0 Å². The van der Waals surface area contributed by atoms with Crippen LogP contribution in [-0.4, -0.2) is 16.9 Å². The lowest BCUT2D eigenvalue weighted by atomic mass is 10.1. The molecular weight excluding hydrogens is 202 g/mol. The zero-order valence-electron chi connectivity index (χ0n) is 10.0. The molecule has 0 aliphatic carbocycles. The molecule has 0 radical (unpaired) electrons. The van der Waals surface area contributed by atoms with Crippen LogP contribution >= 0.6 is 0 Å². The number of nitrogens with two attached hydrogens (primary N) is 1. The van der Waals surface area contributed by atoms with E-state index in [2.05, 4.69) is 18.8 Å². The second-order valence-corrected chi connectivity index (χ2v) is 4.35. The maximum atomic E-state index is 7.32. The molecule has 1 rings (SSSR count). The van der Waals surface area contributed by atoms with Crippen LogP contribution < -0.4 is 10.5 Å². The highest BCUT2D eigenvalue weighted by Gasteiger charge is 2.08. The molecular formula is C12H19N3O. The lowest BCUT2D eigenvalue weighted by molar-refractivity contribution is 0.185. The largest absolute Gasteiger partial charge is 0.475 e. The molecule has 0 bridgehead atoms. The molecule has 3 N–H and O–H groups in total. The van der Waals surface area contributed by atoms with E-state index >= 15 is 0 Å². The van der Waals surface area contributed by atoms with Crippen molar-refractivity contribution >= 4 is 5.84 Å². The standard InChI is InChI=1S/C12H19N3O/c1-8(2)6-9(3)16-11-7-10(12(13)14)4-5-15-11/h4-5,7-9H,6H2,1-3H3,(H3,13,14). The van der Waals surface area contributed by atoms with Crippen LogP contribution in [0.3, 0.4) is 0 Å². The van der Waals surface area contributed by atoms with Gasteiger partial charge in [-0.3, -0.25) is 5.41 Å². The van der Waals surface area contributed by atoms with Crippen molar-refractivity contribution in [1.82, 2.24) is 4.98 Å². The molecule has 0 saturated carbocycles. The average Bonchev–Trinajstić information content (AvgIpc) is 2.16. The monoisotopic (exact) mass is 221 g/mol. The Morgan fingerprint density at radius 1 is 1.50 bits per heavy atom. The molecule has 88 valence electrons. The number of nitrogens with one attached hydrogen (secondary N) is 1. The lowest BCUT2D eigenvalue weighted by Crippen LogP contribution is -2.16. The Bertz CT molecular complexity index is 363. The minimum absolute atomic E-state index is 0.0313. The van der Waals surface area contributed by atoms with Gasteiger partial charge in [0.05, 0.1) is 6.10 Å². The number of hydrogen-bond acceptors (Lipinski definition) is 3. The van der Waals surface area contributed by atoms with E-state index in [4.69, 9.17) is 15.9 Å². The molecule has 16 heavy (non-hydrogen) atoms. The lowest BCUT2D eigenvalue weighted by Gasteiger charge is -2.15. The van der Waals surface area contributed by atoms with E-state index in [0.717, 1.165) is 6.42 Å².